The highest BCUT2D eigenvalue weighted by molar-refractivity contribution is 5.21. The van der Waals surface area contributed by atoms with Crippen molar-refractivity contribution in [1.82, 2.24) is 4.98 Å². The molecule has 1 heterocycles. The fourth-order valence-electron chi connectivity index (χ4n) is 6.95. The lowest BCUT2D eigenvalue weighted by atomic mass is 9.51. The zero-order valence-corrected chi connectivity index (χ0v) is 17.6. The minimum Gasteiger partial charge on any atom is -0.393 e. The van der Waals surface area contributed by atoms with Gasteiger partial charge in [-0.25, -0.2) is 0 Å². The second-order valence-corrected chi connectivity index (χ2v) is 10.3. The molecule has 3 aliphatic rings. The van der Waals surface area contributed by atoms with E-state index in [-0.39, 0.29) is 23.0 Å². The molecule has 1 aromatic heterocycles. The summed E-state index contributed by atoms with van der Waals surface area (Å²) in [6.07, 6.45) is 12.6. The Hall–Kier alpha value is -1.19. The molecule has 3 saturated carbocycles. The summed E-state index contributed by atoms with van der Waals surface area (Å²) in [5.74, 6) is 1.15. The van der Waals surface area contributed by atoms with Gasteiger partial charge in [0, 0.05) is 12.4 Å². The number of allylic oxidation sites excluding steroid dienone is 1. The molecule has 154 valence electrons. The van der Waals surface area contributed by atoms with Gasteiger partial charge in [0.25, 0.3) is 0 Å². The van der Waals surface area contributed by atoms with Crippen molar-refractivity contribution in [2.75, 3.05) is 0 Å². The molecular weight excluding hydrogens is 346 g/mol. The first-order valence-electron chi connectivity index (χ1n) is 11.3. The summed E-state index contributed by atoms with van der Waals surface area (Å²) in [4.78, 5) is 4.26. The Kier molecular flexibility index (Phi) is 5.43. The molecule has 7 atom stereocenters. The van der Waals surface area contributed by atoms with Crippen LogP contribution in [-0.4, -0.2) is 27.4 Å². The maximum absolute atomic E-state index is 11.5. The van der Waals surface area contributed by atoms with Gasteiger partial charge in [-0.05, 0) is 98.0 Å². The summed E-state index contributed by atoms with van der Waals surface area (Å²) in [5, 5.41) is 21.9. The van der Waals surface area contributed by atoms with Crippen molar-refractivity contribution in [3.05, 3.63) is 42.2 Å². The van der Waals surface area contributed by atoms with Gasteiger partial charge in [0.05, 0.1) is 12.2 Å². The standard InChI is InChI=1S/C25H37NO2/c1-17-6-9-21-23(28)22(11-13-24(17,21)2)25(3)12-10-20(27)15-19(25)8-7-18-5-4-14-26-16-18/h4-5,14,16,19-23,27-28H,1,6-13,15H2,2-3H3/t19-,20-,21?,22?,23-,24?,25-/m0/s1. The molecule has 0 aliphatic heterocycles. The summed E-state index contributed by atoms with van der Waals surface area (Å²) in [6.45, 7) is 9.08. The fourth-order valence-corrected chi connectivity index (χ4v) is 6.95. The Balaban J connectivity index is 1.54. The van der Waals surface area contributed by atoms with Crippen LogP contribution in [0.5, 0.6) is 0 Å². The second-order valence-electron chi connectivity index (χ2n) is 10.3. The lowest BCUT2D eigenvalue weighted by molar-refractivity contribution is -0.120. The third-order valence-electron chi connectivity index (χ3n) is 9.04. The van der Waals surface area contributed by atoms with Crippen LogP contribution in [-0.2, 0) is 6.42 Å². The lowest BCUT2D eigenvalue weighted by Crippen LogP contribution is -2.52. The average molecular weight is 384 g/mol. The fraction of sp³-hybridized carbons (Fsp3) is 0.720. The van der Waals surface area contributed by atoms with Gasteiger partial charge in [0.1, 0.15) is 0 Å². The van der Waals surface area contributed by atoms with Gasteiger partial charge in [-0.1, -0.05) is 32.1 Å². The number of rotatable bonds is 4. The molecule has 0 spiro atoms. The van der Waals surface area contributed by atoms with Crippen LogP contribution in [0, 0.1) is 28.6 Å². The number of aryl methyl sites for hydroxylation is 1. The zero-order valence-electron chi connectivity index (χ0n) is 17.6. The molecule has 1 aromatic rings. The first-order valence-corrected chi connectivity index (χ1v) is 11.3. The molecule has 3 aliphatic carbocycles. The number of pyridine rings is 1. The SMILES string of the molecule is C=C1CCC2[C@H](O)C([C@@]3(C)CC[C@H](O)C[C@@H]3CCc3cccnc3)CCC12C. The molecule has 0 bridgehead atoms. The summed E-state index contributed by atoms with van der Waals surface area (Å²) in [7, 11) is 0. The number of nitrogens with zero attached hydrogens (tertiary/aromatic N) is 1. The van der Waals surface area contributed by atoms with E-state index in [1.165, 1.54) is 11.1 Å². The number of fused-ring (bicyclic) bond motifs is 1. The minimum absolute atomic E-state index is 0.103. The van der Waals surface area contributed by atoms with Crippen LogP contribution in [0.2, 0.25) is 0 Å². The van der Waals surface area contributed by atoms with Gasteiger partial charge in [-0.2, -0.15) is 0 Å². The molecule has 3 fully saturated rings. The van der Waals surface area contributed by atoms with Crippen LogP contribution in [0.1, 0.15) is 70.8 Å². The van der Waals surface area contributed by atoms with E-state index in [9.17, 15) is 10.2 Å². The third-order valence-corrected chi connectivity index (χ3v) is 9.04. The molecule has 3 heteroatoms. The van der Waals surface area contributed by atoms with Crippen LogP contribution in [0.4, 0.5) is 0 Å². The first-order chi connectivity index (χ1) is 13.3. The van der Waals surface area contributed by atoms with Crippen LogP contribution < -0.4 is 0 Å². The maximum atomic E-state index is 11.5. The topological polar surface area (TPSA) is 53.4 Å². The highest BCUT2D eigenvalue weighted by Crippen LogP contribution is 2.61. The molecule has 0 amide bonds. The number of aliphatic hydroxyl groups is 2. The molecule has 28 heavy (non-hydrogen) atoms. The van der Waals surface area contributed by atoms with E-state index < -0.39 is 0 Å². The quantitative estimate of drug-likeness (QED) is 0.725. The molecule has 3 unspecified atom stereocenters. The molecule has 4 rings (SSSR count). The van der Waals surface area contributed by atoms with Crippen molar-refractivity contribution in [1.29, 1.82) is 0 Å². The van der Waals surface area contributed by atoms with Crippen molar-refractivity contribution >= 4 is 0 Å². The first kappa shape index (κ1) is 20.1. The summed E-state index contributed by atoms with van der Waals surface area (Å²) >= 11 is 0. The van der Waals surface area contributed by atoms with E-state index >= 15 is 0 Å². The van der Waals surface area contributed by atoms with E-state index in [1.807, 2.05) is 18.5 Å². The van der Waals surface area contributed by atoms with Crippen molar-refractivity contribution in [3.63, 3.8) is 0 Å². The van der Waals surface area contributed by atoms with E-state index in [2.05, 4.69) is 31.5 Å². The Morgan fingerprint density at radius 1 is 1.14 bits per heavy atom. The number of aliphatic hydroxyl groups excluding tert-OH is 2. The van der Waals surface area contributed by atoms with Gasteiger partial charge in [-0.15, -0.1) is 0 Å². The van der Waals surface area contributed by atoms with Crippen LogP contribution >= 0.6 is 0 Å². The van der Waals surface area contributed by atoms with E-state index in [0.29, 0.717) is 17.8 Å². The second kappa shape index (κ2) is 7.57. The molecule has 0 saturated heterocycles. The van der Waals surface area contributed by atoms with Crippen molar-refractivity contribution in [2.45, 2.75) is 83.8 Å². The Bertz CT molecular complexity index is 704. The number of aromatic nitrogens is 1. The van der Waals surface area contributed by atoms with Crippen LogP contribution in [0.15, 0.2) is 36.7 Å². The smallest absolute Gasteiger partial charge is 0.0610 e. The summed E-state index contributed by atoms with van der Waals surface area (Å²) in [5.41, 5.74) is 2.86. The number of hydrogen-bond acceptors (Lipinski definition) is 3. The van der Waals surface area contributed by atoms with E-state index in [0.717, 1.165) is 57.8 Å². The highest BCUT2D eigenvalue weighted by Gasteiger charge is 2.56. The van der Waals surface area contributed by atoms with E-state index in [1.54, 1.807) is 0 Å². The monoisotopic (exact) mass is 383 g/mol. The summed E-state index contributed by atoms with van der Waals surface area (Å²) < 4.78 is 0. The van der Waals surface area contributed by atoms with Crippen molar-refractivity contribution < 1.29 is 10.2 Å². The van der Waals surface area contributed by atoms with Gasteiger partial charge < -0.3 is 10.2 Å². The predicted octanol–water partition coefficient (Wildman–Crippen LogP) is 4.92. The Morgan fingerprint density at radius 3 is 2.71 bits per heavy atom. The number of hydrogen-bond donors (Lipinski definition) is 2. The predicted molar refractivity (Wildman–Crippen MR) is 113 cm³/mol. The van der Waals surface area contributed by atoms with Gasteiger partial charge in [0.15, 0.2) is 0 Å². The van der Waals surface area contributed by atoms with Crippen LogP contribution in [0.25, 0.3) is 0 Å². The van der Waals surface area contributed by atoms with Gasteiger partial charge in [-0.3, -0.25) is 4.98 Å². The highest BCUT2D eigenvalue weighted by atomic mass is 16.3. The third kappa shape index (κ3) is 3.35. The van der Waals surface area contributed by atoms with Crippen LogP contribution in [0.3, 0.4) is 0 Å². The van der Waals surface area contributed by atoms with Crippen molar-refractivity contribution in [2.24, 2.45) is 28.6 Å². The van der Waals surface area contributed by atoms with Gasteiger partial charge >= 0.3 is 0 Å². The molecule has 3 nitrogen and oxygen atoms in total. The Morgan fingerprint density at radius 2 is 1.96 bits per heavy atom. The van der Waals surface area contributed by atoms with Gasteiger partial charge in [0.2, 0.25) is 0 Å². The molecule has 0 radical (unpaired) electrons. The Labute approximate surface area is 170 Å². The van der Waals surface area contributed by atoms with Crippen molar-refractivity contribution in [3.8, 4) is 0 Å². The molecular formula is C25H37NO2. The molecule has 0 aromatic carbocycles. The minimum atomic E-state index is -0.237. The average Bonchev–Trinajstić information content (AvgIpc) is 2.99. The summed E-state index contributed by atoms with van der Waals surface area (Å²) in [6, 6.07) is 4.15. The molecule has 2 N–H and O–H groups in total. The lowest BCUT2D eigenvalue weighted by Gasteiger charge is -2.55. The zero-order chi connectivity index (χ0) is 19.9. The van der Waals surface area contributed by atoms with E-state index in [4.69, 9.17) is 0 Å². The normalized spacial score (nSPS) is 43.7. The largest absolute Gasteiger partial charge is 0.393 e. The maximum Gasteiger partial charge on any atom is 0.0610 e.